The molecule has 1 N–H and O–H groups in total. The molecule has 0 amide bonds. The second-order valence-corrected chi connectivity index (χ2v) is 5.34. The van der Waals surface area contributed by atoms with E-state index in [4.69, 9.17) is 9.84 Å². The molecule has 1 heterocycles. The van der Waals surface area contributed by atoms with E-state index in [1.807, 2.05) is 30.3 Å². The average molecular weight is 284 g/mol. The van der Waals surface area contributed by atoms with Crippen LogP contribution in [-0.2, 0) is 0 Å². The molecule has 0 spiro atoms. The summed E-state index contributed by atoms with van der Waals surface area (Å²) in [6.45, 7) is 0. The molecule has 3 nitrogen and oxygen atoms in total. The maximum atomic E-state index is 10.9. The summed E-state index contributed by atoms with van der Waals surface area (Å²) >= 11 is 1.44. The third-order valence-corrected chi connectivity index (χ3v) is 4.16. The van der Waals surface area contributed by atoms with E-state index in [0.717, 1.165) is 27.0 Å². The van der Waals surface area contributed by atoms with E-state index < -0.39 is 5.97 Å². The van der Waals surface area contributed by atoms with Gasteiger partial charge in [-0.1, -0.05) is 18.2 Å². The van der Waals surface area contributed by atoms with E-state index in [-0.39, 0.29) is 0 Å². The third kappa shape index (κ3) is 2.26. The molecule has 3 aromatic rings. The van der Waals surface area contributed by atoms with Crippen LogP contribution in [0.3, 0.4) is 0 Å². The van der Waals surface area contributed by atoms with E-state index in [9.17, 15) is 4.79 Å². The van der Waals surface area contributed by atoms with Gasteiger partial charge in [-0.15, -0.1) is 11.3 Å². The van der Waals surface area contributed by atoms with Crippen LogP contribution in [0.4, 0.5) is 0 Å². The van der Waals surface area contributed by atoms with Gasteiger partial charge >= 0.3 is 5.97 Å². The number of rotatable bonds is 3. The van der Waals surface area contributed by atoms with E-state index >= 15 is 0 Å². The highest BCUT2D eigenvalue weighted by atomic mass is 32.1. The molecule has 0 aliphatic heterocycles. The molecule has 0 aliphatic rings. The molecule has 4 heteroatoms. The maximum absolute atomic E-state index is 10.9. The molecule has 0 atom stereocenters. The molecule has 0 radical (unpaired) electrons. The summed E-state index contributed by atoms with van der Waals surface area (Å²) < 4.78 is 5.20. The van der Waals surface area contributed by atoms with Crippen molar-refractivity contribution in [1.82, 2.24) is 0 Å². The summed E-state index contributed by atoms with van der Waals surface area (Å²) in [5.74, 6) is -0.0624. The molecule has 0 aliphatic carbocycles. The Kier molecular flexibility index (Phi) is 3.16. The third-order valence-electron chi connectivity index (χ3n) is 3.18. The highest BCUT2D eigenvalue weighted by Crippen LogP contribution is 2.31. The minimum absolute atomic E-state index is 0.333. The van der Waals surface area contributed by atoms with Gasteiger partial charge in [-0.25, -0.2) is 4.79 Å². The molecule has 3 rings (SSSR count). The minimum Gasteiger partial charge on any atom is -0.497 e. The van der Waals surface area contributed by atoms with Gasteiger partial charge in [-0.05, 0) is 40.6 Å². The quantitative estimate of drug-likeness (QED) is 0.781. The lowest BCUT2D eigenvalue weighted by molar-refractivity contribution is 0.0697. The number of hydrogen-bond donors (Lipinski definition) is 1. The van der Waals surface area contributed by atoms with Crippen molar-refractivity contribution in [2.24, 2.45) is 0 Å². The van der Waals surface area contributed by atoms with Crippen LogP contribution in [0.2, 0.25) is 0 Å². The van der Waals surface area contributed by atoms with Crippen LogP contribution in [0.5, 0.6) is 5.75 Å². The number of ether oxygens (including phenoxy) is 1. The van der Waals surface area contributed by atoms with Crippen molar-refractivity contribution in [3.8, 4) is 16.2 Å². The molecule has 2 aromatic carbocycles. The first-order chi connectivity index (χ1) is 9.67. The van der Waals surface area contributed by atoms with Gasteiger partial charge in [-0.2, -0.15) is 0 Å². The number of methoxy groups -OCH3 is 1. The van der Waals surface area contributed by atoms with E-state index in [2.05, 4.69) is 6.07 Å². The molecule has 1 aromatic heterocycles. The van der Waals surface area contributed by atoms with Gasteiger partial charge in [0.05, 0.1) is 12.7 Å². The fourth-order valence-electron chi connectivity index (χ4n) is 2.10. The highest BCUT2D eigenvalue weighted by molar-refractivity contribution is 7.13. The normalized spacial score (nSPS) is 10.7. The van der Waals surface area contributed by atoms with Gasteiger partial charge in [0.25, 0.3) is 0 Å². The Bertz CT molecular complexity index is 789. The Morgan fingerprint density at radius 2 is 1.85 bits per heavy atom. The second-order valence-electron chi connectivity index (χ2n) is 4.43. The molecular weight excluding hydrogens is 272 g/mol. The molecule has 0 saturated carbocycles. The summed E-state index contributed by atoms with van der Waals surface area (Å²) in [6.07, 6.45) is 0. The molecule has 0 fully saturated rings. The molecule has 100 valence electrons. The van der Waals surface area contributed by atoms with Crippen molar-refractivity contribution in [1.29, 1.82) is 0 Å². The van der Waals surface area contributed by atoms with Gasteiger partial charge in [0.1, 0.15) is 5.75 Å². The lowest BCUT2D eigenvalue weighted by Crippen LogP contribution is -1.91. The lowest BCUT2D eigenvalue weighted by Gasteiger charge is -2.04. The first-order valence-corrected chi connectivity index (χ1v) is 6.95. The summed E-state index contributed by atoms with van der Waals surface area (Å²) in [4.78, 5) is 11.9. The fourth-order valence-corrected chi connectivity index (χ4v) is 2.98. The molecule has 0 bridgehead atoms. The zero-order chi connectivity index (χ0) is 14.1. The fraction of sp³-hybridized carbons (Fsp3) is 0.0625. The van der Waals surface area contributed by atoms with Gasteiger partial charge in [0.2, 0.25) is 0 Å². The number of thiophene rings is 1. The number of carboxylic acid groups (broad SMARTS) is 1. The molecular formula is C16H12O3S. The van der Waals surface area contributed by atoms with Gasteiger partial charge < -0.3 is 9.84 Å². The summed E-state index contributed by atoms with van der Waals surface area (Å²) in [5, 5.41) is 12.8. The zero-order valence-corrected chi connectivity index (χ0v) is 11.6. The summed E-state index contributed by atoms with van der Waals surface area (Å²) in [5.41, 5.74) is 1.36. The van der Waals surface area contributed by atoms with E-state index in [0.29, 0.717) is 5.56 Å². The number of fused-ring (bicyclic) bond motifs is 1. The van der Waals surface area contributed by atoms with Crippen LogP contribution in [0.1, 0.15) is 10.4 Å². The summed E-state index contributed by atoms with van der Waals surface area (Å²) in [7, 11) is 1.65. The Morgan fingerprint density at radius 3 is 2.55 bits per heavy atom. The molecule has 0 saturated heterocycles. The Morgan fingerprint density at radius 1 is 1.10 bits per heavy atom. The van der Waals surface area contributed by atoms with Gasteiger partial charge in [-0.3, -0.25) is 0 Å². The van der Waals surface area contributed by atoms with Crippen LogP contribution in [0, 0.1) is 0 Å². The van der Waals surface area contributed by atoms with Crippen molar-refractivity contribution in [2.75, 3.05) is 7.11 Å². The van der Waals surface area contributed by atoms with Crippen molar-refractivity contribution >= 4 is 28.1 Å². The lowest BCUT2D eigenvalue weighted by atomic mass is 10.1. The molecule has 20 heavy (non-hydrogen) atoms. The monoisotopic (exact) mass is 284 g/mol. The topological polar surface area (TPSA) is 46.5 Å². The van der Waals surface area contributed by atoms with Crippen LogP contribution < -0.4 is 4.74 Å². The van der Waals surface area contributed by atoms with Crippen molar-refractivity contribution in [2.45, 2.75) is 0 Å². The van der Waals surface area contributed by atoms with Crippen molar-refractivity contribution in [3.05, 3.63) is 53.4 Å². The zero-order valence-electron chi connectivity index (χ0n) is 10.8. The highest BCUT2D eigenvalue weighted by Gasteiger charge is 2.08. The predicted octanol–water partition coefficient (Wildman–Crippen LogP) is 4.28. The second kappa shape index (κ2) is 4.98. The first kappa shape index (κ1) is 12.7. The summed E-state index contributed by atoms with van der Waals surface area (Å²) in [6, 6.07) is 13.7. The number of carboxylic acids is 1. The van der Waals surface area contributed by atoms with Crippen LogP contribution in [0.15, 0.2) is 47.8 Å². The average Bonchev–Trinajstić information content (AvgIpc) is 2.96. The Hall–Kier alpha value is -2.33. The number of aromatic carboxylic acids is 1. The first-order valence-electron chi connectivity index (χ1n) is 6.07. The van der Waals surface area contributed by atoms with E-state index in [1.54, 1.807) is 18.6 Å². The van der Waals surface area contributed by atoms with Gasteiger partial charge in [0, 0.05) is 10.3 Å². The smallest absolute Gasteiger partial charge is 0.336 e. The van der Waals surface area contributed by atoms with Crippen LogP contribution in [0.25, 0.3) is 21.2 Å². The van der Waals surface area contributed by atoms with E-state index in [1.165, 1.54) is 11.3 Å². The Labute approximate surface area is 120 Å². The maximum Gasteiger partial charge on any atom is 0.336 e. The standard InChI is InChI=1S/C16H12O3S/c1-19-14-5-4-10-6-12(3-2-11(10)7-14)15-8-13(9-20-15)16(17)18/h2-9H,1H3,(H,17,18). The number of hydrogen-bond acceptors (Lipinski definition) is 3. The Balaban J connectivity index is 2.05. The largest absolute Gasteiger partial charge is 0.497 e. The van der Waals surface area contributed by atoms with Crippen molar-refractivity contribution < 1.29 is 14.6 Å². The number of benzene rings is 2. The van der Waals surface area contributed by atoms with Gasteiger partial charge in [0.15, 0.2) is 0 Å². The van der Waals surface area contributed by atoms with Crippen molar-refractivity contribution in [3.63, 3.8) is 0 Å². The number of carbonyl (C=O) groups is 1. The van der Waals surface area contributed by atoms with Crippen LogP contribution in [-0.4, -0.2) is 18.2 Å². The minimum atomic E-state index is -0.891. The van der Waals surface area contributed by atoms with Crippen LogP contribution >= 0.6 is 11.3 Å². The molecule has 0 unspecified atom stereocenters. The predicted molar refractivity (Wildman–Crippen MR) is 80.8 cm³/mol. The SMILES string of the molecule is COc1ccc2cc(-c3cc(C(=O)O)cs3)ccc2c1.